The molecule has 4 heterocycles. The van der Waals surface area contributed by atoms with Gasteiger partial charge in [0.2, 0.25) is 0 Å². The topological polar surface area (TPSA) is 140 Å². The molecule has 9 nitrogen and oxygen atoms in total. The van der Waals surface area contributed by atoms with Crippen molar-refractivity contribution < 1.29 is 9.18 Å². The third-order valence-corrected chi connectivity index (χ3v) is 8.06. The summed E-state index contributed by atoms with van der Waals surface area (Å²) in [4.78, 5) is 30.7. The van der Waals surface area contributed by atoms with Crippen LogP contribution < -0.4 is 27.0 Å². The van der Waals surface area contributed by atoms with Gasteiger partial charge in [0.1, 0.15) is 11.6 Å². The van der Waals surface area contributed by atoms with Gasteiger partial charge >= 0.3 is 0 Å². The number of nitrogens with zero attached hydrogens (tertiary/aromatic N) is 5. The Morgan fingerprint density at radius 3 is 2.64 bits per heavy atom. The number of carbonyl (C=O) groups is 1. The van der Waals surface area contributed by atoms with Gasteiger partial charge in [0.15, 0.2) is 17.3 Å². The lowest BCUT2D eigenvalue weighted by Gasteiger charge is -2.42. The van der Waals surface area contributed by atoms with Gasteiger partial charge in [-0.05, 0) is 67.0 Å². The molecule has 0 bridgehead atoms. The Morgan fingerprint density at radius 2 is 1.86 bits per heavy atom. The van der Waals surface area contributed by atoms with Gasteiger partial charge in [0, 0.05) is 32.1 Å². The van der Waals surface area contributed by atoms with E-state index in [1.807, 2.05) is 13.0 Å². The van der Waals surface area contributed by atoms with Gasteiger partial charge in [-0.2, -0.15) is 0 Å². The first-order valence-electron chi connectivity index (χ1n) is 12.3. The molecule has 186 valence electrons. The van der Waals surface area contributed by atoms with Crippen molar-refractivity contribution >= 4 is 29.0 Å². The third-order valence-electron chi connectivity index (χ3n) is 8.06. The molecule has 3 aliphatic rings. The first-order valence-corrected chi connectivity index (χ1v) is 12.3. The lowest BCUT2D eigenvalue weighted by molar-refractivity contribution is 0.0985. The fourth-order valence-corrected chi connectivity index (χ4v) is 6.08. The zero-order chi connectivity index (χ0) is 25.2. The number of benzene rings is 1. The van der Waals surface area contributed by atoms with E-state index in [1.165, 1.54) is 6.07 Å². The monoisotopic (exact) mass is 488 g/mol. The number of halogens is 1. The van der Waals surface area contributed by atoms with Crippen molar-refractivity contribution in [3.05, 3.63) is 64.4 Å². The summed E-state index contributed by atoms with van der Waals surface area (Å²) in [5.41, 5.74) is 23.0. The van der Waals surface area contributed by atoms with Gasteiger partial charge in [-0.3, -0.25) is 4.79 Å². The number of rotatable bonds is 2. The highest BCUT2D eigenvalue weighted by molar-refractivity contribution is 6.08. The van der Waals surface area contributed by atoms with Gasteiger partial charge in [0.25, 0.3) is 5.91 Å². The fourth-order valence-electron chi connectivity index (χ4n) is 6.08. The van der Waals surface area contributed by atoms with Crippen molar-refractivity contribution in [2.45, 2.75) is 38.6 Å². The zero-order valence-electron chi connectivity index (χ0n) is 20.2. The van der Waals surface area contributed by atoms with Gasteiger partial charge in [-0.1, -0.05) is 6.07 Å². The molecule has 0 unspecified atom stereocenters. The largest absolute Gasteiger partial charge is 0.384 e. The summed E-state index contributed by atoms with van der Waals surface area (Å²) < 4.78 is 13.8. The van der Waals surface area contributed by atoms with Crippen LogP contribution in [0.15, 0.2) is 30.3 Å². The van der Waals surface area contributed by atoms with Gasteiger partial charge in [-0.15, -0.1) is 0 Å². The Bertz CT molecular complexity index is 1380. The Hall–Kier alpha value is -3.79. The molecule has 1 amide bonds. The molecule has 1 aromatic carbocycles. The van der Waals surface area contributed by atoms with Crippen LogP contribution in [0.2, 0.25) is 0 Å². The average molecular weight is 489 g/mol. The molecule has 10 heteroatoms. The number of fused-ring (bicyclic) bond motifs is 2. The van der Waals surface area contributed by atoms with Crippen molar-refractivity contribution in [3.8, 4) is 0 Å². The normalized spacial score (nSPS) is 20.0. The molecule has 2 aromatic heterocycles. The molecule has 6 rings (SSSR count). The second kappa shape index (κ2) is 8.12. The molecule has 2 aliphatic heterocycles. The molecule has 36 heavy (non-hydrogen) atoms. The maximum absolute atomic E-state index is 13.8. The molecule has 3 aromatic rings. The summed E-state index contributed by atoms with van der Waals surface area (Å²) in [6.07, 6.45) is 3.19. The van der Waals surface area contributed by atoms with Crippen LogP contribution in [0.3, 0.4) is 0 Å². The number of anilines is 4. The van der Waals surface area contributed by atoms with Gasteiger partial charge in [0.05, 0.1) is 17.1 Å². The predicted octanol–water partition coefficient (Wildman–Crippen LogP) is 2.53. The van der Waals surface area contributed by atoms with Gasteiger partial charge in [-0.25, -0.2) is 19.3 Å². The summed E-state index contributed by atoms with van der Waals surface area (Å²) in [6.45, 7) is 3.81. The molecule has 6 N–H and O–H groups in total. The van der Waals surface area contributed by atoms with Crippen LogP contribution in [0.1, 0.15) is 51.9 Å². The zero-order valence-corrected chi connectivity index (χ0v) is 20.2. The fraction of sp³-hybridized carbons (Fsp3) is 0.385. The number of nitrogen functional groups attached to an aromatic ring is 2. The van der Waals surface area contributed by atoms with E-state index in [9.17, 15) is 9.18 Å². The lowest BCUT2D eigenvalue weighted by Crippen LogP contribution is -2.45. The molecule has 0 saturated carbocycles. The van der Waals surface area contributed by atoms with Crippen LogP contribution in [-0.4, -0.2) is 40.5 Å². The van der Waals surface area contributed by atoms with Crippen LogP contribution in [0.5, 0.6) is 0 Å². The van der Waals surface area contributed by atoms with Crippen molar-refractivity contribution in [3.63, 3.8) is 0 Å². The number of amides is 1. The van der Waals surface area contributed by atoms with E-state index in [-0.39, 0.29) is 34.7 Å². The molecular weight excluding hydrogens is 459 g/mol. The number of hydrogen-bond acceptors (Lipinski definition) is 8. The van der Waals surface area contributed by atoms with Crippen molar-refractivity contribution in [2.24, 2.45) is 11.1 Å². The minimum absolute atomic E-state index is 0.0873. The summed E-state index contributed by atoms with van der Waals surface area (Å²) in [5, 5.41) is 0. The van der Waals surface area contributed by atoms with Crippen LogP contribution >= 0.6 is 0 Å². The maximum Gasteiger partial charge on any atom is 0.280 e. The van der Waals surface area contributed by atoms with E-state index in [1.54, 1.807) is 23.1 Å². The number of piperidine rings is 1. The number of aryl methyl sites for hydroxylation is 1. The van der Waals surface area contributed by atoms with E-state index < -0.39 is 0 Å². The summed E-state index contributed by atoms with van der Waals surface area (Å²) in [5.74, 6) is 0.691. The Balaban J connectivity index is 1.20. The lowest BCUT2D eigenvalue weighted by atomic mass is 9.73. The SMILES string of the molecule is Cc1nc(C(=O)N2CCc3nc(N)ccc32)c(N)nc1N1CCC2(CC1)Cc1ccc(F)cc1[C@H]2N. The van der Waals surface area contributed by atoms with Crippen LogP contribution in [0.4, 0.5) is 27.5 Å². The van der Waals surface area contributed by atoms with E-state index in [0.29, 0.717) is 30.3 Å². The molecule has 1 aliphatic carbocycles. The number of hydrogen-bond donors (Lipinski definition) is 3. The van der Waals surface area contributed by atoms with E-state index in [0.717, 1.165) is 54.9 Å². The van der Waals surface area contributed by atoms with Crippen molar-refractivity contribution in [2.75, 3.05) is 40.9 Å². The minimum atomic E-state index is -0.292. The van der Waals surface area contributed by atoms with Crippen LogP contribution in [-0.2, 0) is 12.8 Å². The van der Waals surface area contributed by atoms with E-state index in [4.69, 9.17) is 17.2 Å². The number of aromatic nitrogens is 3. The second-order valence-electron chi connectivity index (χ2n) is 10.1. The molecule has 1 spiro atoms. The van der Waals surface area contributed by atoms with E-state index >= 15 is 0 Å². The second-order valence-corrected chi connectivity index (χ2v) is 10.1. The van der Waals surface area contributed by atoms with Crippen molar-refractivity contribution in [1.29, 1.82) is 0 Å². The summed E-state index contributed by atoms with van der Waals surface area (Å²) >= 11 is 0. The first kappa shape index (κ1) is 22.7. The third kappa shape index (κ3) is 3.47. The Labute approximate surface area is 208 Å². The minimum Gasteiger partial charge on any atom is -0.384 e. The van der Waals surface area contributed by atoms with Crippen LogP contribution in [0, 0.1) is 18.2 Å². The van der Waals surface area contributed by atoms with E-state index in [2.05, 4.69) is 19.9 Å². The highest BCUT2D eigenvalue weighted by atomic mass is 19.1. The number of nitrogens with two attached hydrogens (primary N) is 3. The number of pyridine rings is 1. The summed E-state index contributed by atoms with van der Waals surface area (Å²) in [7, 11) is 0. The first-order chi connectivity index (χ1) is 17.3. The standard InChI is InChI=1S/C26H29FN8O/c1-14-24(34-10-7-26(8-11-34)13-15-2-3-16(27)12-17(15)22(26)29)33-23(30)21(31-14)25(36)35-9-6-18-19(35)4-5-20(28)32-18/h2-5,12,22H,6-11,13,29H2,1H3,(H2,28,32)(H2,30,33)/t22-/m1/s1. The predicted molar refractivity (Wildman–Crippen MR) is 136 cm³/mol. The summed E-state index contributed by atoms with van der Waals surface area (Å²) in [6, 6.07) is 8.26. The molecule has 0 radical (unpaired) electrons. The average Bonchev–Trinajstić information content (AvgIpc) is 3.39. The quantitative estimate of drug-likeness (QED) is 0.500. The van der Waals surface area contributed by atoms with Crippen molar-refractivity contribution in [1.82, 2.24) is 15.0 Å². The van der Waals surface area contributed by atoms with Gasteiger partial charge < -0.3 is 27.0 Å². The number of carbonyl (C=O) groups excluding carboxylic acids is 1. The maximum atomic E-state index is 13.8. The molecule has 1 saturated heterocycles. The molecular formula is C26H29FN8O. The highest BCUT2D eigenvalue weighted by Gasteiger charge is 2.46. The Morgan fingerprint density at radius 1 is 1.08 bits per heavy atom. The molecule has 1 fully saturated rings. The smallest absolute Gasteiger partial charge is 0.280 e. The molecule has 1 atom stereocenters. The van der Waals surface area contributed by atoms with Crippen LogP contribution in [0.25, 0.3) is 0 Å². The Kier molecular flexibility index (Phi) is 5.11. The highest BCUT2D eigenvalue weighted by Crippen LogP contribution is 2.51.